The molecule has 1 saturated carbocycles. The zero-order valence-corrected chi connectivity index (χ0v) is 11.9. The van der Waals surface area contributed by atoms with Crippen molar-refractivity contribution in [2.75, 3.05) is 20.2 Å². The Morgan fingerprint density at radius 3 is 2.25 bits per heavy atom. The number of carbonyl (C=O) groups is 2. The Hall–Kier alpha value is -2.04. The van der Waals surface area contributed by atoms with Gasteiger partial charge in [-0.25, -0.2) is 0 Å². The molecule has 1 aromatic carbocycles. The number of hydrogen-bond acceptors (Lipinski definition) is 3. The molecular formula is C15H20N2O3. The van der Waals surface area contributed by atoms with Gasteiger partial charge in [0.15, 0.2) is 0 Å². The predicted molar refractivity (Wildman–Crippen MR) is 75.6 cm³/mol. The molecule has 0 unspecified atom stereocenters. The van der Waals surface area contributed by atoms with Gasteiger partial charge in [-0.3, -0.25) is 9.59 Å². The minimum absolute atomic E-state index is 0.0352. The van der Waals surface area contributed by atoms with Crippen LogP contribution in [0.5, 0.6) is 5.75 Å². The monoisotopic (exact) mass is 276 g/mol. The van der Waals surface area contributed by atoms with Crippen molar-refractivity contribution in [2.45, 2.75) is 25.2 Å². The SMILES string of the molecule is COc1ccc(C2(C(=O)NCCNC(C)=O)CC2)cc1. The van der Waals surface area contributed by atoms with Crippen molar-refractivity contribution in [3.8, 4) is 5.75 Å². The normalized spacial score (nSPS) is 15.3. The van der Waals surface area contributed by atoms with E-state index in [4.69, 9.17) is 4.74 Å². The van der Waals surface area contributed by atoms with Crippen LogP contribution in [0.25, 0.3) is 0 Å². The van der Waals surface area contributed by atoms with Crippen LogP contribution < -0.4 is 15.4 Å². The minimum atomic E-state index is -0.386. The minimum Gasteiger partial charge on any atom is -0.497 e. The number of rotatable bonds is 6. The smallest absolute Gasteiger partial charge is 0.230 e. The van der Waals surface area contributed by atoms with Crippen molar-refractivity contribution in [2.24, 2.45) is 0 Å². The molecule has 2 rings (SSSR count). The lowest BCUT2D eigenvalue weighted by Gasteiger charge is -2.16. The van der Waals surface area contributed by atoms with Crippen LogP contribution in [0.3, 0.4) is 0 Å². The van der Waals surface area contributed by atoms with Crippen LogP contribution in [0.1, 0.15) is 25.3 Å². The highest BCUT2D eigenvalue weighted by atomic mass is 16.5. The molecule has 2 N–H and O–H groups in total. The third kappa shape index (κ3) is 3.10. The van der Waals surface area contributed by atoms with Gasteiger partial charge in [0.1, 0.15) is 5.75 Å². The molecule has 1 aliphatic rings. The quantitative estimate of drug-likeness (QED) is 0.761. The summed E-state index contributed by atoms with van der Waals surface area (Å²) >= 11 is 0. The molecule has 0 radical (unpaired) electrons. The molecule has 5 nitrogen and oxygen atoms in total. The largest absolute Gasteiger partial charge is 0.497 e. The van der Waals surface area contributed by atoms with Crippen molar-refractivity contribution in [1.29, 1.82) is 0 Å². The van der Waals surface area contributed by atoms with Gasteiger partial charge < -0.3 is 15.4 Å². The van der Waals surface area contributed by atoms with Gasteiger partial charge in [0.25, 0.3) is 0 Å². The van der Waals surface area contributed by atoms with E-state index in [0.717, 1.165) is 24.2 Å². The fraction of sp³-hybridized carbons (Fsp3) is 0.467. The van der Waals surface area contributed by atoms with Crippen molar-refractivity contribution in [1.82, 2.24) is 10.6 Å². The van der Waals surface area contributed by atoms with Crippen molar-refractivity contribution in [3.63, 3.8) is 0 Å². The molecule has 0 bridgehead atoms. The Morgan fingerprint density at radius 1 is 1.15 bits per heavy atom. The third-order valence-electron chi connectivity index (χ3n) is 3.61. The predicted octanol–water partition coefficient (Wildman–Crippen LogP) is 0.979. The van der Waals surface area contributed by atoms with Crippen LogP contribution in [-0.4, -0.2) is 32.0 Å². The van der Waals surface area contributed by atoms with Crippen molar-refractivity contribution in [3.05, 3.63) is 29.8 Å². The van der Waals surface area contributed by atoms with E-state index in [2.05, 4.69) is 10.6 Å². The molecule has 0 aromatic heterocycles. The van der Waals surface area contributed by atoms with Crippen LogP contribution in [0.4, 0.5) is 0 Å². The lowest BCUT2D eigenvalue weighted by molar-refractivity contribution is -0.124. The number of methoxy groups -OCH3 is 1. The summed E-state index contributed by atoms with van der Waals surface area (Å²) in [5.74, 6) is 0.735. The summed E-state index contributed by atoms with van der Waals surface area (Å²) in [4.78, 5) is 23.0. The Morgan fingerprint density at radius 2 is 1.75 bits per heavy atom. The second kappa shape index (κ2) is 5.94. The van der Waals surface area contributed by atoms with Gasteiger partial charge in [-0.15, -0.1) is 0 Å². The van der Waals surface area contributed by atoms with Crippen LogP contribution in [-0.2, 0) is 15.0 Å². The highest BCUT2D eigenvalue weighted by Gasteiger charge is 2.50. The number of amides is 2. The molecule has 1 fully saturated rings. The lowest BCUT2D eigenvalue weighted by atomic mass is 9.95. The number of carbonyl (C=O) groups excluding carboxylic acids is 2. The van der Waals surface area contributed by atoms with Gasteiger partial charge in [-0.05, 0) is 30.5 Å². The molecular weight excluding hydrogens is 256 g/mol. The Balaban J connectivity index is 1.92. The Kier molecular flexibility index (Phi) is 4.27. The maximum absolute atomic E-state index is 12.3. The van der Waals surface area contributed by atoms with E-state index < -0.39 is 0 Å². The molecule has 2 amide bonds. The molecule has 1 aliphatic carbocycles. The summed E-state index contributed by atoms with van der Waals surface area (Å²) in [6.07, 6.45) is 1.73. The number of benzene rings is 1. The van der Waals surface area contributed by atoms with Gasteiger partial charge in [0.2, 0.25) is 11.8 Å². The number of nitrogens with one attached hydrogen (secondary N) is 2. The first-order chi connectivity index (χ1) is 9.58. The van der Waals surface area contributed by atoms with E-state index in [1.807, 2.05) is 24.3 Å². The van der Waals surface area contributed by atoms with E-state index in [-0.39, 0.29) is 17.2 Å². The second-order valence-corrected chi connectivity index (χ2v) is 5.05. The molecule has 0 aliphatic heterocycles. The van der Waals surface area contributed by atoms with Crippen molar-refractivity contribution < 1.29 is 14.3 Å². The highest BCUT2D eigenvalue weighted by Crippen LogP contribution is 2.48. The lowest BCUT2D eigenvalue weighted by Crippen LogP contribution is -2.39. The van der Waals surface area contributed by atoms with Crippen molar-refractivity contribution >= 4 is 11.8 Å². The van der Waals surface area contributed by atoms with Gasteiger partial charge in [-0.2, -0.15) is 0 Å². The topological polar surface area (TPSA) is 67.4 Å². The summed E-state index contributed by atoms with van der Waals surface area (Å²) in [5, 5.41) is 5.54. The number of ether oxygens (including phenoxy) is 1. The molecule has 108 valence electrons. The maximum atomic E-state index is 12.3. The van der Waals surface area contributed by atoms with E-state index in [1.165, 1.54) is 6.92 Å². The summed E-state index contributed by atoms with van der Waals surface area (Å²) in [5.41, 5.74) is 0.637. The van der Waals surface area contributed by atoms with E-state index >= 15 is 0 Å². The maximum Gasteiger partial charge on any atom is 0.230 e. The first-order valence-electron chi connectivity index (χ1n) is 6.76. The zero-order valence-electron chi connectivity index (χ0n) is 11.9. The molecule has 0 spiro atoms. The average molecular weight is 276 g/mol. The summed E-state index contributed by atoms with van der Waals surface area (Å²) in [6.45, 7) is 2.37. The molecule has 0 saturated heterocycles. The van der Waals surface area contributed by atoms with Gasteiger partial charge in [0, 0.05) is 20.0 Å². The standard InChI is InChI=1S/C15H20N2O3/c1-11(18)16-9-10-17-14(19)15(7-8-15)12-3-5-13(20-2)6-4-12/h3-6H,7-10H2,1-2H3,(H,16,18)(H,17,19). The van der Waals surface area contributed by atoms with E-state index in [9.17, 15) is 9.59 Å². The Bertz CT molecular complexity index is 492. The summed E-state index contributed by atoms with van der Waals surface area (Å²) in [7, 11) is 1.62. The van der Waals surface area contributed by atoms with E-state index in [0.29, 0.717) is 13.1 Å². The third-order valence-corrected chi connectivity index (χ3v) is 3.61. The highest BCUT2D eigenvalue weighted by molar-refractivity contribution is 5.91. The van der Waals surface area contributed by atoms with E-state index in [1.54, 1.807) is 7.11 Å². The first kappa shape index (κ1) is 14.4. The second-order valence-electron chi connectivity index (χ2n) is 5.05. The first-order valence-corrected chi connectivity index (χ1v) is 6.76. The van der Waals surface area contributed by atoms with Gasteiger partial charge >= 0.3 is 0 Å². The van der Waals surface area contributed by atoms with Crippen LogP contribution in [0.15, 0.2) is 24.3 Å². The fourth-order valence-electron chi connectivity index (χ4n) is 2.27. The summed E-state index contributed by atoms with van der Waals surface area (Å²) in [6, 6.07) is 7.64. The molecule has 1 aromatic rings. The van der Waals surface area contributed by atoms with Gasteiger partial charge in [0.05, 0.1) is 12.5 Å². The zero-order chi connectivity index (χ0) is 14.6. The van der Waals surface area contributed by atoms with Gasteiger partial charge in [-0.1, -0.05) is 12.1 Å². The molecule has 0 atom stereocenters. The number of hydrogen-bond donors (Lipinski definition) is 2. The van der Waals surface area contributed by atoms with Crippen LogP contribution in [0.2, 0.25) is 0 Å². The average Bonchev–Trinajstić information content (AvgIpc) is 3.25. The van der Waals surface area contributed by atoms with Crippen LogP contribution in [0, 0.1) is 0 Å². The Labute approximate surface area is 118 Å². The molecule has 0 heterocycles. The molecule has 5 heteroatoms. The van der Waals surface area contributed by atoms with Crippen LogP contribution >= 0.6 is 0 Å². The summed E-state index contributed by atoms with van der Waals surface area (Å²) < 4.78 is 5.12. The molecule has 20 heavy (non-hydrogen) atoms. The fourth-order valence-corrected chi connectivity index (χ4v) is 2.27.